The van der Waals surface area contributed by atoms with Gasteiger partial charge in [-0.3, -0.25) is 20.2 Å². The molecule has 1 fully saturated rings. The van der Waals surface area contributed by atoms with E-state index in [0.29, 0.717) is 10.6 Å². The van der Waals surface area contributed by atoms with Crippen molar-refractivity contribution >= 4 is 29.4 Å². The van der Waals surface area contributed by atoms with Crippen molar-refractivity contribution in [1.82, 2.24) is 10.6 Å². The molecule has 4 amide bonds. The largest absolute Gasteiger partial charge is 0.328 e. The molecular weight excluding hydrogens is 256 g/mol. The van der Waals surface area contributed by atoms with Crippen LogP contribution in [0.15, 0.2) is 24.3 Å². The van der Waals surface area contributed by atoms with Crippen LogP contribution in [0.25, 0.3) is 0 Å². The Morgan fingerprint density at radius 1 is 1.11 bits per heavy atom. The molecule has 1 saturated heterocycles. The molecule has 2 rings (SSSR count). The molecule has 1 aromatic carbocycles. The number of hydrogen-bond acceptors (Lipinski definition) is 3. The monoisotopic (exact) mass is 266 g/mol. The maximum atomic E-state index is 11.8. The van der Waals surface area contributed by atoms with Crippen LogP contribution in [0.1, 0.15) is 12.5 Å². The number of carbonyl (C=O) groups excluding carboxylic acids is 3. The molecular formula is C12H11ClN2O3. The molecule has 1 aromatic rings. The zero-order valence-electron chi connectivity index (χ0n) is 9.62. The van der Waals surface area contributed by atoms with Crippen LogP contribution >= 0.6 is 11.6 Å². The molecule has 1 aliphatic heterocycles. The third kappa shape index (κ3) is 2.09. The van der Waals surface area contributed by atoms with Gasteiger partial charge in [0.05, 0.1) is 0 Å². The van der Waals surface area contributed by atoms with Gasteiger partial charge < -0.3 is 0 Å². The Hall–Kier alpha value is -1.88. The molecule has 6 heteroatoms. The molecule has 0 spiro atoms. The Balaban J connectivity index is 2.32. The number of halogens is 1. The minimum atomic E-state index is -1.33. The molecule has 94 valence electrons. The normalized spacial score (nSPS) is 18.2. The van der Waals surface area contributed by atoms with Gasteiger partial charge in [0.1, 0.15) is 5.41 Å². The molecule has 5 nitrogen and oxygen atoms in total. The lowest BCUT2D eigenvalue weighted by molar-refractivity contribution is -0.143. The summed E-state index contributed by atoms with van der Waals surface area (Å²) in [6.07, 6.45) is 0.137. The van der Waals surface area contributed by atoms with Crippen LogP contribution in [-0.4, -0.2) is 17.8 Å². The highest BCUT2D eigenvalue weighted by molar-refractivity contribution is 6.31. The first-order valence-corrected chi connectivity index (χ1v) is 5.71. The third-order valence-corrected chi connectivity index (χ3v) is 3.33. The predicted octanol–water partition coefficient (Wildman–Crippen LogP) is 1.25. The van der Waals surface area contributed by atoms with E-state index in [2.05, 4.69) is 10.6 Å². The van der Waals surface area contributed by atoms with Crippen molar-refractivity contribution < 1.29 is 14.4 Å². The van der Waals surface area contributed by atoms with E-state index in [4.69, 9.17) is 11.6 Å². The summed E-state index contributed by atoms with van der Waals surface area (Å²) in [7, 11) is 0. The first-order chi connectivity index (χ1) is 8.43. The summed E-state index contributed by atoms with van der Waals surface area (Å²) in [5.74, 6) is -1.23. The Labute approximate surface area is 109 Å². The standard InChI is InChI=1S/C12H11ClN2O3/c1-12(6-7-4-2-3-5-8(7)13)9(16)14-11(18)15-10(12)17/h2-5H,6H2,1H3,(H2,14,15,16,17,18). The van der Waals surface area contributed by atoms with Crippen molar-refractivity contribution in [1.29, 1.82) is 0 Å². The second-order valence-electron chi connectivity index (χ2n) is 4.34. The van der Waals surface area contributed by atoms with Gasteiger partial charge in [-0.15, -0.1) is 0 Å². The van der Waals surface area contributed by atoms with Crippen molar-refractivity contribution in [3.8, 4) is 0 Å². The van der Waals surface area contributed by atoms with Crippen LogP contribution in [0.2, 0.25) is 5.02 Å². The molecule has 0 unspecified atom stereocenters. The summed E-state index contributed by atoms with van der Waals surface area (Å²) >= 11 is 6.00. The Bertz CT molecular complexity index is 522. The Morgan fingerprint density at radius 3 is 2.22 bits per heavy atom. The second-order valence-corrected chi connectivity index (χ2v) is 4.74. The smallest absolute Gasteiger partial charge is 0.277 e. The minimum absolute atomic E-state index is 0.137. The van der Waals surface area contributed by atoms with Gasteiger partial charge in [-0.2, -0.15) is 0 Å². The average Bonchev–Trinajstić information content (AvgIpc) is 2.30. The maximum Gasteiger partial charge on any atom is 0.328 e. The molecule has 0 aliphatic carbocycles. The van der Waals surface area contributed by atoms with Gasteiger partial charge in [-0.25, -0.2) is 4.79 Å². The summed E-state index contributed by atoms with van der Waals surface area (Å²) in [4.78, 5) is 34.6. The number of urea groups is 1. The number of barbiturate groups is 1. The molecule has 18 heavy (non-hydrogen) atoms. The van der Waals surface area contributed by atoms with E-state index < -0.39 is 23.3 Å². The highest BCUT2D eigenvalue weighted by Gasteiger charge is 2.46. The van der Waals surface area contributed by atoms with Gasteiger partial charge in [0, 0.05) is 5.02 Å². The van der Waals surface area contributed by atoms with E-state index in [0.717, 1.165) is 0 Å². The van der Waals surface area contributed by atoms with Crippen molar-refractivity contribution in [3.05, 3.63) is 34.9 Å². The summed E-state index contributed by atoms with van der Waals surface area (Å²) in [6, 6.07) is 6.17. The second kappa shape index (κ2) is 4.42. The fourth-order valence-corrected chi connectivity index (χ4v) is 2.00. The van der Waals surface area contributed by atoms with Crippen LogP contribution in [0, 0.1) is 5.41 Å². The fraction of sp³-hybridized carbons (Fsp3) is 0.250. The van der Waals surface area contributed by atoms with E-state index in [-0.39, 0.29) is 6.42 Å². The fourth-order valence-electron chi connectivity index (χ4n) is 1.80. The van der Waals surface area contributed by atoms with E-state index in [9.17, 15) is 14.4 Å². The summed E-state index contributed by atoms with van der Waals surface area (Å²) in [6.45, 7) is 1.48. The van der Waals surface area contributed by atoms with Crippen LogP contribution in [-0.2, 0) is 16.0 Å². The lowest BCUT2D eigenvalue weighted by Gasteiger charge is -2.30. The van der Waals surface area contributed by atoms with Gasteiger partial charge in [0.25, 0.3) is 0 Å². The Kier molecular flexibility index (Phi) is 3.09. The molecule has 1 aliphatic rings. The van der Waals surface area contributed by atoms with Gasteiger partial charge in [-0.05, 0) is 25.0 Å². The van der Waals surface area contributed by atoms with E-state index >= 15 is 0 Å². The third-order valence-electron chi connectivity index (χ3n) is 2.96. The van der Waals surface area contributed by atoms with E-state index in [1.165, 1.54) is 6.92 Å². The number of benzene rings is 1. The van der Waals surface area contributed by atoms with Gasteiger partial charge in [0.15, 0.2) is 0 Å². The van der Waals surface area contributed by atoms with Crippen LogP contribution in [0.5, 0.6) is 0 Å². The SMILES string of the molecule is CC1(Cc2ccccc2Cl)C(=O)NC(=O)NC1=O. The number of amides is 4. The van der Waals surface area contributed by atoms with Crippen LogP contribution in [0.3, 0.4) is 0 Å². The van der Waals surface area contributed by atoms with Crippen LogP contribution < -0.4 is 10.6 Å². The molecule has 1 heterocycles. The highest BCUT2D eigenvalue weighted by atomic mass is 35.5. The van der Waals surface area contributed by atoms with E-state index in [1.807, 2.05) is 0 Å². The first-order valence-electron chi connectivity index (χ1n) is 5.34. The number of imide groups is 2. The molecule has 0 bridgehead atoms. The molecule has 0 radical (unpaired) electrons. The van der Waals surface area contributed by atoms with Crippen molar-refractivity contribution in [2.24, 2.45) is 5.41 Å². The first kappa shape index (κ1) is 12.6. The highest BCUT2D eigenvalue weighted by Crippen LogP contribution is 2.28. The van der Waals surface area contributed by atoms with Crippen molar-refractivity contribution in [2.45, 2.75) is 13.3 Å². The molecule has 0 aromatic heterocycles. The van der Waals surface area contributed by atoms with Gasteiger partial charge in [0.2, 0.25) is 11.8 Å². The summed E-state index contributed by atoms with van der Waals surface area (Å²) in [5, 5.41) is 4.66. The van der Waals surface area contributed by atoms with Crippen molar-refractivity contribution in [2.75, 3.05) is 0 Å². The zero-order valence-corrected chi connectivity index (χ0v) is 10.4. The summed E-state index contributed by atoms with van der Waals surface area (Å²) in [5.41, 5.74) is -0.653. The lowest BCUT2D eigenvalue weighted by atomic mass is 9.80. The van der Waals surface area contributed by atoms with E-state index in [1.54, 1.807) is 24.3 Å². The number of rotatable bonds is 2. The molecule has 0 atom stereocenters. The minimum Gasteiger partial charge on any atom is -0.277 e. The Morgan fingerprint density at radius 2 is 1.67 bits per heavy atom. The number of hydrogen-bond donors (Lipinski definition) is 2. The zero-order chi connectivity index (χ0) is 13.3. The summed E-state index contributed by atoms with van der Waals surface area (Å²) < 4.78 is 0. The number of nitrogens with one attached hydrogen (secondary N) is 2. The average molecular weight is 267 g/mol. The quantitative estimate of drug-likeness (QED) is 0.791. The van der Waals surface area contributed by atoms with Gasteiger partial charge >= 0.3 is 6.03 Å². The van der Waals surface area contributed by atoms with Crippen LogP contribution in [0.4, 0.5) is 4.79 Å². The predicted molar refractivity (Wildman–Crippen MR) is 64.9 cm³/mol. The topological polar surface area (TPSA) is 75.3 Å². The lowest BCUT2D eigenvalue weighted by Crippen LogP contribution is -2.62. The molecule has 0 saturated carbocycles. The van der Waals surface area contributed by atoms with Gasteiger partial charge in [-0.1, -0.05) is 29.8 Å². The van der Waals surface area contributed by atoms with Crippen molar-refractivity contribution in [3.63, 3.8) is 0 Å². The maximum absolute atomic E-state index is 11.8. The number of carbonyl (C=O) groups is 3. The molecule has 2 N–H and O–H groups in total.